The number of hydrogen-bond donors (Lipinski definition) is 2. The third kappa shape index (κ3) is 4.49. The third-order valence-corrected chi connectivity index (χ3v) is 4.39. The van der Waals surface area contributed by atoms with Gasteiger partial charge in [-0.15, -0.1) is 0 Å². The summed E-state index contributed by atoms with van der Waals surface area (Å²) in [5.41, 5.74) is 0.314. The molecule has 1 aliphatic heterocycles. The van der Waals surface area contributed by atoms with Crippen LogP contribution in [-0.4, -0.2) is 44.2 Å². The van der Waals surface area contributed by atoms with Gasteiger partial charge in [-0.2, -0.15) is 0 Å². The normalized spacial score (nSPS) is 16.7. The molecule has 9 heteroatoms. The number of nitrogens with zero attached hydrogens (tertiary/aromatic N) is 2. The Kier molecular flexibility index (Phi) is 6.27. The van der Waals surface area contributed by atoms with Gasteiger partial charge in [0.25, 0.3) is 11.6 Å². The fourth-order valence-corrected chi connectivity index (χ4v) is 3.10. The average Bonchev–Trinajstić information content (AvgIpc) is 2.86. The number of hydrogen-bond acceptors (Lipinski definition) is 6. The van der Waals surface area contributed by atoms with E-state index in [1.165, 1.54) is 36.1 Å². The van der Waals surface area contributed by atoms with E-state index in [0.29, 0.717) is 24.8 Å². The maximum Gasteiger partial charge on any atom is 0.303 e. The van der Waals surface area contributed by atoms with Crippen molar-refractivity contribution in [3.63, 3.8) is 0 Å². The molecule has 1 aliphatic rings. The van der Waals surface area contributed by atoms with E-state index < -0.39 is 34.4 Å². The van der Waals surface area contributed by atoms with Crippen molar-refractivity contribution in [2.45, 2.75) is 38.6 Å². The Morgan fingerprint density at radius 2 is 1.81 bits per heavy atom. The second-order valence-electron chi connectivity index (χ2n) is 6.27. The molecular formula is C18H20N2O7. The predicted octanol–water partition coefficient (Wildman–Crippen LogP) is 2.52. The number of amides is 1. The summed E-state index contributed by atoms with van der Waals surface area (Å²) in [6, 6.07) is 4.63. The molecule has 0 unspecified atom stereocenters. The number of unbranched alkanes of at least 4 members (excludes halogenated alkanes) is 2. The molecule has 0 aliphatic carbocycles. The highest BCUT2D eigenvalue weighted by Crippen LogP contribution is 2.38. The highest BCUT2D eigenvalue weighted by atomic mass is 16.6. The third-order valence-electron chi connectivity index (χ3n) is 4.39. The van der Waals surface area contributed by atoms with E-state index >= 15 is 0 Å². The highest BCUT2D eigenvalue weighted by molar-refractivity contribution is 6.08. The molecule has 9 nitrogen and oxygen atoms in total. The van der Waals surface area contributed by atoms with Gasteiger partial charge in [-0.3, -0.25) is 24.5 Å². The van der Waals surface area contributed by atoms with Crippen molar-refractivity contribution in [1.29, 1.82) is 0 Å². The van der Waals surface area contributed by atoms with E-state index in [4.69, 9.17) is 5.11 Å². The Morgan fingerprint density at radius 3 is 2.33 bits per heavy atom. The smallest absolute Gasteiger partial charge is 0.303 e. The molecule has 1 aromatic rings. The van der Waals surface area contributed by atoms with Crippen molar-refractivity contribution in [3.05, 3.63) is 51.3 Å². The van der Waals surface area contributed by atoms with Crippen LogP contribution in [0.25, 0.3) is 0 Å². The predicted molar refractivity (Wildman–Crippen MR) is 94.0 cm³/mol. The van der Waals surface area contributed by atoms with Crippen molar-refractivity contribution in [1.82, 2.24) is 4.90 Å². The first kappa shape index (κ1) is 20.1. The lowest BCUT2D eigenvalue weighted by molar-refractivity contribution is -0.384. The van der Waals surface area contributed by atoms with Crippen LogP contribution >= 0.6 is 0 Å². The molecule has 0 fully saturated rings. The quantitative estimate of drug-likeness (QED) is 0.383. The summed E-state index contributed by atoms with van der Waals surface area (Å²) < 4.78 is 0. The van der Waals surface area contributed by atoms with Gasteiger partial charge in [0, 0.05) is 25.1 Å². The maximum atomic E-state index is 12.4. The monoisotopic (exact) mass is 376 g/mol. The molecule has 1 aromatic carbocycles. The number of non-ortho nitro benzene ring substituents is 1. The topological polar surface area (TPSA) is 138 Å². The minimum absolute atomic E-state index is 0.0297. The van der Waals surface area contributed by atoms with E-state index in [-0.39, 0.29) is 24.2 Å². The van der Waals surface area contributed by atoms with Crippen LogP contribution in [0.3, 0.4) is 0 Å². The van der Waals surface area contributed by atoms with Gasteiger partial charge >= 0.3 is 5.97 Å². The highest BCUT2D eigenvalue weighted by Gasteiger charge is 2.42. The summed E-state index contributed by atoms with van der Waals surface area (Å²) in [6.45, 7) is 1.47. The van der Waals surface area contributed by atoms with Gasteiger partial charge in [0.05, 0.1) is 16.5 Å². The molecule has 0 radical (unpaired) electrons. The number of benzene rings is 1. The minimum Gasteiger partial charge on any atom is -0.503 e. The number of rotatable bonds is 9. The standard InChI is InChI=1S/C18H20N2O7/c1-11(21)15-16(12-6-8-13(9-7-12)20(26)27)19(18(25)17(15)24)10-4-2-3-5-14(22)23/h6-9,16,24H,2-5,10H2,1H3,(H,22,23)/t16-/m0/s1. The average molecular weight is 376 g/mol. The number of carbonyl (C=O) groups excluding carboxylic acids is 2. The number of carboxylic acid groups (broad SMARTS) is 1. The van der Waals surface area contributed by atoms with Crippen molar-refractivity contribution < 1.29 is 29.5 Å². The summed E-state index contributed by atoms with van der Waals surface area (Å²) in [7, 11) is 0. The Balaban J connectivity index is 2.23. The minimum atomic E-state index is -0.894. The Morgan fingerprint density at radius 1 is 1.19 bits per heavy atom. The molecule has 0 aromatic heterocycles. The van der Waals surface area contributed by atoms with Crippen LogP contribution in [0.1, 0.15) is 44.2 Å². The van der Waals surface area contributed by atoms with E-state index in [0.717, 1.165) is 0 Å². The first-order valence-electron chi connectivity index (χ1n) is 8.45. The summed E-state index contributed by atoms with van der Waals surface area (Å²) in [5, 5.41) is 29.6. The van der Waals surface area contributed by atoms with E-state index in [9.17, 15) is 29.6 Å². The Hall–Kier alpha value is -3.23. The lowest BCUT2D eigenvalue weighted by atomic mass is 9.96. The first-order chi connectivity index (χ1) is 12.7. The van der Waals surface area contributed by atoms with Gasteiger partial charge in [-0.1, -0.05) is 6.42 Å². The van der Waals surface area contributed by atoms with Crippen molar-refractivity contribution in [2.75, 3.05) is 6.54 Å². The second-order valence-corrected chi connectivity index (χ2v) is 6.27. The fraction of sp³-hybridized carbons (Fsp3) is 0.389. The lowest BCUT2D eigenvalue weighted by Crippen LogP contribution is -2.32. The summed E-state index contributed by atoms with van der Waals surface area (Å²) >= 11 is 0. The van der Waals surface area contributed by atoms with Crippen molar-refractivity contribution in [2.24, 2.45) is 0 Å². The number of aliphatic carboxylic acids is 1. The van der Waals surface area contributed by atoms with Gasteiger partial charge in [0.15, 0.2) is 11.5 Å². The molecule has 1 heterocycles. The zero-order valence-electron chi connectivity index (χ0n) is 14.8. The Bertz CT molecular complexity index is 798. The molecule has 2 N–H and O–H groups in total. The summed E-state index contributed by atoms with van der Waals surface area (Å²) in [6.07, 6.45) is 1.56. The van der Waals surface area contributed by atoms with Gasteiger partial charge in [0.1, 0.15) is 0 Å². The number of Topliss-reactive ketones (excluding diaryl/α,β-unsaturated/α-hetero) is 1. The van der Waals surface area contributed by atoms with Crippen LogP contribution in [0.15, 0.2) is 35.6 Å². The molecule has 1 atom stereocenters. The summed E-state index contributed by atoms with van der Waals surface area (Å²) in [4.78, 5) is 46.6. The number of carbonyl (C=O) groups is 3. The molecule has 0 saturated carbocycles. The number of aliphatic hydroxyl groups excluding tert-OH is 1. The van der Waals surface area contributed by atoms with Crippen LogP contribution in [0.4, 0.5) is 5.69 Å². The Labute approximate surface area is 155 Å². The number of nitro benzene ring substituents is 1. The van der Waals surface area contributed by atoms with Gasteiger partial charge < -0.3 is 15.1 Å². The lowest BCUT2D eigenvalue weighted by Gasteiger charge is -2.26. The van der Waals surface area contributed by atoms with Crippen LogP contribution in [0, 0.1) is 10.1 Å². The van der Waals surface area contributed by atoms with Crippen molar-refractivity contribution in [3.8, 4) is 0 Å². The van der Waals surface area contributed by atoms with Crippen molar-refractivity contribution >= 4 is 23.3 Å². The zero-order chi connectivity index (χ0) is 20.1. The summed E-state index contributed by atoms with van der Waals surface area (Å²) in [5.74, 6) is -2.65. The number of ketones is 1. The molecule has 144 valence electrons. The zero-order valence-corrected chi connectivity index (χ0v) is 14.8. The fourth-order valence-electron chi connectivity index (χ4n) is 3.10. The molecular weight excluding hydrogens is 356 g/mol. The first-order valence-corrected chi connectivity index (χ1v) is 8.45. The SMILES string of the molecule is CC(=O)C1=C(O)C(=O)N(CCCCCC(=O)O)[C@H]1c1ccc([N+](=O)[O-])cc1. The number of carboxylic acids is 1. The van der Waals surface area contributed by atoms with E-state index in [1.54, 1.807) is 0 Å². The maximum absolute atomic E-state index is 12.4. The number of aliphatic hydroxyl groups is 1. The second kappa shape index (κ2) is 8.43. The molecule has 0 spiro atoms. The largest absolute Gasteiger partial charge is 0.503 e. The molecule has 1 amide bonds. The number of nitro groups is 1. The van der Waals surface area contributed by atoms with Gasteiger partial charge in [0.2, 0.25) is 0 Å². The molecule has 27 heavy (non-hydrogen) atoms. The molecule has 2 rings (SSSR count). The van der Waals surface area contributed by atoms with Gasteiger partial charge in [-0.05, 0) is 37.5 Å². The van der Waals surface area contributed by atoms with Gasteiger partial charge in [-0.25, -0.2) is 0 Å². The van der Waals surface area contributed by atoms with E-state index in [2.05, 4.69) is 0 Å². The molecule has 0 saturated heterocycles. The van der Waals surface area contributed by atoms with Crippen LogP contribution in [-0.2, 0) is 14.4 Å². The van der Waals surface area contributed by atoms with Crippen LogP contribution < -0.4 is 0 Å². The molecule has 0 bridgehead atoms. The van der Waals surface area contributed by atoms with E-state index in [1.807, 2.05) is 0 Å². The van der Waals surface area contributed by atoms with Crippen LogP contribution in [0.5, 0.6) is 0 Å². The van der Waals surface area contributed by atoms with Crippen LogP contribution in [0.2, 0.25) is 0 Å².